The molecule has 2 rings (SSSR count). The molecular weight excluding hydrogens is 240 g/mol. The fourth-order valence-corrected chi connectivity index (χ4v) is 2.37. The second-order valence-corrected chi connectivity index (χ2v) is 4.64. The van der Waals surface area contributed by atoms with Gasteiger partial charge in [0.25, 0.3) is 0 Å². The zero-order chi connectivity index (χ0) is 13.7. The molecule has 1 saturated heterocycles. The summed E-state index contributed by atoms with van der Waals surface area (Å²) in [4.78, 5) is 14.3. The number of amides is 1. The van der Waals surface area contributed by atoms with Gasteiger partial charge in [0.2, 0.25) is 5.91 Å². The summed E-state index contributed by atoms with van der Waals surface area (Å²) in [5.74, 6) is -0.822. The van der Waals surface area contributed by atoms with Gasteiger partial charge in [-0.1, -0.05) is 37.3 Å². The van der Waals surface area contributed by atoms with Gasteiger partial charge in [-0.05, 0) is 12.0 Å². The Labute approximate surface area is 113 Å². The van der Waals surface area contributed by atoms with Crippen LogP contribution in [0.3, 0.4) is 0 Å². The van der Waals surface area contributed by atoms with Crippen molar-refractivity contribution in [2.45, 2.75) is 25.3 Å². The lowest BCUT2D eigenvalue weighted by molar-refractivity contribution is -0.140. The molecule has 1 amide bonds. The van der Waals surface area contributed by atoms with Gasteiger partial charge in [-0.15, -0.1) is 0 Å². The van der Waals surface area contributed by atoms with Crippen molar-refractivity contribution in [3.05, 3.63) is 35.9 Å². The Kier molecular flexibility index (Phi) is 4.53. The zero-order valence-corrected chi connectivity index (χ0v) is 11.1. The molecule has 19 heavy (non-hydrogen) atoms. The molecular formula is C15H18N2O2. The summed E-state index contributed by atoms with van der Waals surface area (Å²) >= 11 is 0. The molecule has 0 radical (unpaired) electrons. The van der Waals surface area contributed by atoms with Crippen molar-refractivity contribution >= 4 is 5.91 Å². The second-order valence-electron chi connectivity index (χ2n) is 4.64. The van der Waals surface area contributed by atoms with Crippen molar-refractivity contribution < 1.29 is 9.53 Å². The lowest BCUT2D eigenvalue weighted by Gasteiger charge is -2.36. The Bertz CT molecular complexity index is 467. The van der Waals surface area contributed by atoms with Crippen LogP contribution in [0.4, 0.5) is 0 Å². The first-order valence-corrected chi connectivity index (χ1v) is 6.60. The SMILES string of the molecule is CCC1COCCN1C(=O)C(C#N)c1ccccc1. The normalized spacial score (nSPS) is 20.6. The largest absolute Gasteiger partial charge is 0.377 e. The third-order valence-electron chi connectivity index (χ3n) is 3.49. The number of hydrogen-bond donors (Lipinski definition) is 0. The van der Waals surface area contributed by atoms with E-state index in [1.807, 2.05) is 37.3 Å². The summed E-state index contributed by atoms with van der Waals surface area (Å²) < 4.78 is 5.40. The van der Waals surface area contributed by atoms with E-state index in [9.17, 15) is 10.1 Å². The number of nitrogens with zero attached hydrogens (tertiary/aromatic N) is 2. The number of nitriles is 1. The number of benzene rings is 1. The van der Waals surface area contributed by atoms with Crippen molar-refractivity contribution in [1.82, 2.24) is 4.90 Å². The third-order valence-corrected chi connectivity index (χ3v) is 3.49. The van der Waals surface area contributed by atoms with Crippen LogP contribution in [0.2, 0.25) is 0 Å². The highest BCUT2D eigenvalue weighted by molar-refractivity contribution is 5.86. The van der Waals surface area contributed by atoms with Crippen LogP contribution in [0.1, 0.15) is 24.8 Å². The molecule has 1 aromatic rings. The average Bonchev–Trinajstić information content (AvgIpc) is 2.49. The van der Waals surface area contributed by atoms with Crippen LogP contribution in [-0.2, 0) is 9.53 Å². The molecule has 1 fully saturated rings. The molecule has 1 aliphatic heterocycles. The van der Waals surface area contributed by atoms with Crippen LogP contribution in [0, 0.1) is 11.3 Å². The monoisotopic (exact) mass is 258 g/mol. The Morgan fingerprint density at radius 3 is 2.89 bits per heavy atom. The first-order chi connectivity index (χ1) is 9.27. The van der Waals surface area contributed by atoms with Gasteiger partial charge in [0.1, 0.15) is 5.92 Å². The first-order valence-electron chi connectivity index (χ1n) is 6.60. The van der Waals surface area contributed by atoms with Crippen LogP contribution < -0.4 is 0 Å². The molecule has 0 spiro atoms. The summed E-state index contributed by atoms with van der Waals surface area (Å²) in [6, 6.07) is 11.4. The fourth-order valence-electron chi connectivity index (χ4n) is 2.37. The molecule has 1 aromatic carbocycles. The van der Waals surface area contributed by atoms with Crippen molar-refractivity contribution in [3.8, 4) is 6.07 Å². The summed E-state index contributed by atoms with van der Waals surface area (Å²) in [6.07, 6.45) is 0.846. The maximum Gasteiger partial charge on any atom is 0.244 e. The molecule has 1 aliphatic rings. The molecule has 0 N–H and O–H groups in total. The summed E-state index contributed by atoms with van der Waals surface area (Å²) in [7, 11) is 0. The van der Waals surface area contributed by atoms with E-state index in [-0.39, 0.29) is 11.9 Å². The van der Waals surface area contributed by atoms with Crippen LogP contribution in [0.15, 0.2) is 30.3 Å². The van der Waals surface area contributed by atoms with Crippen molar-refractivity contribution in [3.63, 3.8) is 0 Å². The molecule has 1 heterocycles. The Morgan fingerprint density at radius 2 is 2.26 bits per heavy atom. The number of carbonyl (C=O) groups is 1. The molecule has 4 heteroatoms. The predicted octanol–water partition coefficient (Wildman–Crippen LogP) is 1.93. The molecule has 100 valence electrons. The number of ether oxygens (including phenoxy) is 1. The molecule has 4 nitrogen and oxygen atoms in total. The first kappa shape index (κ1) is 13.6. The van der Waals surface area contributed by atoms with Gasteiger partial charge in [-0.25, -0.2) is 0 Å². The fraction of sp³-hybridized carbons (Fsp3) is 0.467. The van der Waals surface area contributed by atoms with E-state index in [0.717, 1.165) is 12.0 Å². The molecule has 0 saturated carbocycles. The third kappa shape index (κ3) is 2.94. The van der Waals surface area contributed by atoms with Gasteiger partial charge in [-0.3, -0.25) is 4.79 Å². The number of morpholine rings is 1. The van der Waals surface area contributed by atoms with Gasteiger partial charge in [0.15, 0.2) is 0 Å². The lowest BCUT2D eigenvalue weighted by atomic mass is 9.98. The number of rotatable bonds is 3. The van der Waals surface area contributed by atoms with E-state index in [0.29, 0.717) is 19.8 Å². The number of carbonyl (C=O) groups excluding carboxylic acids is 1. The van der Waals surface area contributed by atoms with Crippen LogP contribution in [0.5, 0.6) is 0 Å². The number of hydrogen-bond acceptors (Lipinski definition) is 3. The van der Waals surface area contributed by atoms with Crippen molar-refractivity contribution in [1.29, 1.82) is 5.26 Å². The lowest BCUT2D eigenvalue weighted by Crippen LogP contribution is -2.49. The van der Waals surface area contributed by atoms with Gasteiger partial charge < -0.3 is 9.64 Å². The van der Waals surface area contributed by atoms with Gasteiger partial charge in [-0.2, -0.15) is 5.26 Å². The predicted molar refractivity (Wildman–Crippen MR) is 71.4 cm³/mol. The maximum absolute atomic E-state index is 12.5. The quantitative estimate of drug-likeness (QED) is 0.832. The summed E-state index contributed by atoms with van der Waals surface area (Å²) in [5.41, 5.74) is 0.761. The Morgan fingerprint density at radius 1 is 1.53 bits per heavy atom. The maximum atomic E-state index is 12.5. The minimum absolute atomic E-state index is 0.0841. The minimum Gasteiger partial charge on any atom is -0.377 e. The zero-order valence-electron chi connectivity index (χ0n) is 11.1. The van der Waals surface area contributed by atoms with E-state index >= 15 is 0 Å². The standard InChI is InChI=1S/C15H18N2O2/c1-2-13-11-19-9-8-17(13)15(18)14(10-16)12-6-4-3-5-7-12/h3-7,13-14H,2,8-9,11H2,1H3. The van der Waals surface area contributed by atoms with E-state index in [1.165, 1.54) is 0 Å². The van der Waals surface area contributed by atoms with E-state index in [1.54, 1.807) is 4.90 Å². The molecule has 2 atom stereocenters. The smallest absolute Gasteiger partial charge is 0.244 e. The highest BCUT2D eigenvalue weighted by atomic mass is 16.5. The van der Waals surface area contributed by atoms with Crippen molar-refractivity contribution in [2.75, 3.05) is 19.8 Å². The van der Waals surface area contributed by atoms with E-state index in [4.69, 9.17) is 4.74 Å². The average molecular weight is 258 g/mol. The molecule has 2 unspecified atom stereocenters. The summed E-state index contributed by atoms with van der Waals surface area (Å²) in [5, 5.41) is 9.31. The minimum atomic E-state index is -0.714. The van der Waals surface area contributed by atoms with Crippen LogP contribution in [-0.4, -0.2) is 36.6 Å². The Balaban J connectivity index is 2.19. The summed E-state index contributed by atoms with van der Waals surface area (Å²) in [6.45, 7) is 3.72. The van der Waals surface area contributed by atoms with E-state index in [2.05, 4.69) is 6.07 Å². The highest BCUT2D eigenvalue weighted by Gasteiger charge is 2.31. The Hall–Kier alpha value is -1.86. The topological polar surface area (TPSA) is 53.3 Å². The second kappa shape index (κ2) is 6.35. The van der Waals surface area contributed by atoms with Crippen LogP contribution >= 0.6 is 0 Å². The highest BCUT2D eigenvalue weighted by Crippen LogP contribution is 2.21. The van der Waals surface area contributed by atoms with Gasteiger partial charge >= 0.3 is 0 Å². The van der Waals surface area contributed by atoms with Gasteiger partial charge in [0.05, 0.1) is 25.3 Å². The molecule has 0 aliphatic carbocycles. The van der Waals surface area contributed by atoms with Crippen LogP contribution in [0.25, 0.3) is 0 Å². The van der Waals surface area contributed by atoms with Gasteiger partial charge in [0, 0.05) is 6.54 Å². The van der Waals surface area contributed by atoms with Crippen molar-refractivity contribution in [2.24, 2.45) is 0 Å². The molecule has 0 bridgehead atoms. The van der Waals surface area contributed by atoms with E-state index < -0.39 is 5.92 Å². The molecule has 0 aromatic heterocycles.